The number of pyridine rings is 1. The number of fused-ring (bicyclic) bond motifs is 1. The summed E-state index contributed by atoms with van der Waals surface area (Å²) in [5, 5.41) is 24.0. The van der Waals surface area contributed by atoms with Crippen molar-refractivity contribution in [3.63, 3.8) is 0 Å². The molecule has 0 aliphatic carbocycles. The quantitative estimate of drug-likeness (QED) is 0.287. The lowest BCUT2D eigenvalue weighted by molar-refractivity contribution is -0.645. The third kappa shape index (κ3) is 3.38. The van der Waals surface area contributed by atoms with E-state index in [1.54, 1.807) is 18.2 Å². The molecule has 0 saturated carbocycles. The van der Waals surface area contributed by atoms with Gasteiger partial charge in [-0.05, 0) is 23.4 Å². The molecule has 3 heterocycles. The van der Waals surface area contributed by atoms with Gasteiger partial charge in [0.2, 0.25) is 0 Å². The Bertz CT molecular complexity index is 1240. The van der Waals surface area contributed by atoms with Gasteiger partial charge >= 0.3 is 0 Å². The molecule has 0 spiro atoms. The zero-order chi connectivity index (χ0) is 19.5. The van der Waals surface area contributed by atoms with Gasteiger partial charge < -0.3 is 5.21 Å². The summed E-state index contributed by atoms with van der Waals surface area (Å²) in [6.45, 7) is -0.0894. The maximum atomic E-state index is 13.2. The van der Waals surface area contributed by atoms with Crippen molar-refractivity contribution < 1.29 is 4.73 Å². The second kappa shape index (κ2) is 7.84. The lowest BCUT2D eigenvalue weighted by atomic mass is 10.1. The van der Waals surface area contributed by atoms with E-state index in [2.05, 4.69) is 4.98 Å². The molecule has 3 aromatic heterocycles. The van der Waals surface area contributed by atoms with Crippen LogP contribution in [0.2, 0.25) is 0 Å². The Hall–Kier alpha value is -3.15. The summed E-state index contributed by atoms with van der Waals surface area (Å²) in [5.41, 5.74) is 1.53. The first-order valence-electron chi connectivity index (χ1n) is 8.43. The van der Waals surface area contributed by atoms with Crippen molar-refractivity contribution >= 4 is 33.3 Å². The number of thioether (sulfide) groups is 1. The second-order valence-corrected chi connectivity index (χ2v) is 7.78. The SMILES string of the molecule is N#CCn1c(CSc2cccc[n+]2[O-])nc2scc(-c3ccccc3)c2c1=O. The van der Waals surface area contributed by atoms with Crippen LogP contribution < -0.4 is 10.3 Å². The van der Waals surface area contributed by atoms with Crippen molar-refractivity contribution in [2.24, 2.45) is 0 Å². The normalized spacial score (nSPS) is 10.8. The molecule has 28 heavy (non-hydrogen) atoms. The topological polar surface area (TPSA) is 85.6 Å². The maximum absolute atomic E-state index is 13.2. The third-order valence-electron chi connectivity index (χ3n) is 4.22. The molecule has 0 radical (unpaired) electrons. The van der Waals surface area contributed by atoms with E-state index < -0.39 is 0 Å². The molecule has 0 amide bonds. The van der Waals surface area contributed by atoms with E-state index in [9.17, 15) is 15.3 Å². The van der Waals surface area contributed by atoms with E-state index in [4.69, 9.17) is 0 Å². The van der Waals surface area contributed by atoms with Crippen molar-refractivity contribution in [1.29, 1.82) is 5.26 Å². The minimum absolute atomic E-state index is 0.0894. The van der Waals surface area contributed by atoms with Crippen LogP contribution in [0.1, 0.15) is 5.82 Å². The van der Waals surface area contributed by atoms with Gasteiger partial charge in [-0.1, -0.05) is 30.3 Å². The Labute approximate surface area is 168 Å². The summed E-state index contributed by atoms with van der Waals surface area (Å²) in [7, 11) is 0. The molecule has 6 nitrogen and oxygen atoms in total. The van der Waals surface area contributed by atoms with Crippen LogP contribution in [0.4, 0.5) is 0 Å². The number of nitriles is 1. The third-order valence-corrected chi connectivity index (χ3v) is 6.11. The van der Waals surface area contributed by atoms with Gasteiger partial charge in [-0.25, -0.2) is 4.98 Å². The fourth-order valence-electron chi connectivity index (χ4n) is 2.90. The standard InChI is InChI=1S/C20H14N4O2S2/c21-9-11-23-16(13-27-17-8-4-5-10-24(17)26)22-19-18(20(23)25)15(12-28-19)14-6-2-1-3-7-14/h1-8,10,12H,11,13H2. The van der Waals surface area contributed by atoms with Crippen molar-refractivity contribution in [1.82, 2.24) is 9.55 Å². The van der Waals surface area contributed by atoms with E-state index in [1.165, 1.54) is 33.9 Å². The minimum Gasteiger partial charge on any atom is -0.618 e. The fraction of sp³-hybridized carbons (Fsp3) is 0.100. The van der Waals surface area contributed by atoms with Gasteiger partial charge in [0.25, 0.3) is 10.6 Å². The Balaban J connectivity index is 1.80. The number of rotatable bonds is 5. The molecule has 4 rings (SSSR count). The smallest absolute Gasteiger partial charge is 0.263 e. The first-order chi connectivity index (χ1) is 13.7. The second-order valence-electron chi connectivity index (χ2n) is 5.93. The Morgan fingerprint density at radius 1 is 1.21 bits per heavy atom. The number of aromatic nitrogens is 3. The average Bonchev–Trinajstić information content (AvgIpc) is 3.15. The van der Waals surface area contributed by atoms with Crippen LogP contribution in [0, 0.1) is 16.5 Å². The zero-order valence-electron chi connectivity index (χ0n) is 14.6. The van der Waals surface area contributed by atoms with Crippen molar-refractivity contribution in [3.8, 4) is 17.2 Å². The summed E-state index contributed by atoms with van der Waals surface area (Å²) in [6, 6.07) is 16.8. The highest BCUT2D eigenvalue weighted by molar-refractivity contribution is 7.98. The highest BCUT2D eigenvalue weighted by atomic mass is 32.2. The Morgan fingerprint density at radius 3 is 2.75 bits per heavy atom. The van der Waals surface area contributed by atoms with Crippen LogP contribution in [0.15, 0.2) is 69.9 Å². The van der Waals surface area contributed by atoms with E-state index >= 15 is 0 Å². The number of thiophene rings is 1. The van der Waals surface area contributed by atoms with E-state index in [0.29, 0.717) is 26.8 Å². The maximum Gasteiger partial charge on any atom is 0.263 e. The largest absolute Gasteiger partial charge is 0.618 e. The van der Waals surface area contributed by atoms with Crippen LogP contribution in [0.3, 0.4) is 0 Å². The Morgan fingerprint density at radius 2 is 2.00 bits per heavy atom. The van der Waals surface area contributed by atoms with Crippen molar-refractivity contribution in [2.45, 2.75) is 17.3 Å². The van der Waals surface area contributed by atoms with Crippen LogP contribution in [0.5, 0.6) is 0 Å². The molecular formula is C20H14N4O2S2. The predicted octanol–water partition coefficient (Wildman–Crippen LogP) is 3.57. The molecule has 0 aliphatic rings. The number of benzene rings is 1. The highest BCUT2D eigenvalue weighted by Gasteiger charge is 2.18. The molecule has 0 bridgehead atoms. The molecule has 1 aromatic carbocycles. The van der Waals surface area contributed by atoms with E-state index in [-0.39, 0.29) is 12.1 Å². The highest BCUT2D eigenvalue weighted by Crippen LogP contribution is 2.31. The summed E-state index contributed by atoms with van der Waals surface area (Å²) in [5.74, 6) is 0.798. The molecule has 0 aliphatic heterocycles. The van der Waals surface area contributed by atoms with Crippen LogP contribution in [0.25, 0.3) is 21.3 Å². The molecule has 8 heteroatoms. The van der Waals surface area contributed by atoms with E-state index in [1.807, 2.05) is 41.8 Å². The first kappa shape index (κ1) is 18.2. The number of hydrogen-bond acceptors (Lipinski definition) is 6. The monoisotopic (exact) mass is 406 g/mol. The molecular weight excluding hydrogens is 392 g/mol. The summed E-state index contributed by atoms with van der Waals surface area (Å²) in [4.78, 5) is 18.5. The molecule has 138 valence electrons. The molecule has 4 aromatic rings. The van der Waals surface area contributed by atoms with Gasteiger partial charge in [0.1, 0.15) is 17.2 Å². The lowest BCUT2D eigenvalue weighted by Crippen LogP contribution is -2.28. The predicted molar refractivity (Wildman–Crippen MR) is 110 cm³/mol. The molecule has 0 unspecified atom stereocenters. The molecule has 0 N–H and O–H groups in total. The molecule has 0 atom stereocenters. The number of hydrogen-bond donors (Lipinski definition) is 0. The van der Waals surface area contributed by atoms with Crippen LogP contribution in [-0.4, -0.2) is 9.55 Å². The van der Waals surface area contributed by atoms with Crippen LogP contribution in [-0.2, 0) is 12.3 Å². The van der Waals surface area contributed by atoms with Gasteiger partial charge in [0.05, 0.1) is 17.2 Å². The number of nitrogens with zero attached hydrogens (tertiary/aromatic N) is 4. The van der Waals surface area contributed by atoms with Crippen molar-refractivity contribution in [3.05, 3.63) is 81.5 Å². The van der Waals surface area contributed by atoms with Gasteiger partial charge in [-0.3, -0.25) is 9.36 Å². The molecule has 0 saturated heterocycles. The average molecular weight is 406 g/mol. The first-order valence-corrected chi connectivity index (χ1v) is 10.3. The molecule has 0 fully saturated rings. The summed E-state index contributed by atoms with van der Waals surface area (Å²) >= 11 is 2.69. The van der Waals surface area contributed by atoms with Gasteiger partial charge in [0, 0.05) is 23.1 Å². The summed E-state index contributed by atoms with van der Waals surface area (Å²) in [6.07, 6.45) is 1.42. The van der Waals surface area contributed by atoms with Gasteiger partial charge in [-0.15, -0.1) is 11.3 Å². The fourth-order valence-corrected chi connectivity index (χ4v) is 4.72. The van der Waals surface area contributed by atoms with Gasteiger partial charge in [0.15, 0.2) is 6.20 Å². The minimum atomic E-state index is -0.231. The Kier molecular flexibility index (Phi) is 5.10. The summed E-state index contributed by atoms with van der Waals surface area (Å²) < 4.78 is 2.17. The van der Waals surface area contributed by atoms with E-state index in [0.717, 1.165) is 15.9 Å². The lowest BCUT2D eigenvalue weighted by Gasteiger charge is -2.10. The van der Waals surface area contributed by atoms with Crippen molar-refractivity contribution in [2.75, 3.05) is 0 Å². The van der Waals surface area contributed by atoms with Gasteiger partial charge in [-0.2, -0.15) is 9.99 Å². The zero-order valence-corrected chi connectivity index (χ0v) is 16.2. The van der Waals surface area contributed by atoms with Crippen LogP contribution >= 0.6 is 23.1 Å².